The van der Waals surface area contributed by atoms with Crippen LogP contribution in [-0.2, 0) is 6.42 Å². The second-order valence-corrected chi connectivity index (χ2v) is 4.63. The quantitative estimate of drug-likeness (QED) is 0.872. The van der Waals surface area contributed by atoms with Crippen LogP contribution < -0.4 is 4.74 Å². The summed E-state index contributed by atoms with van der Waals surface area (Å²) in [7, 11) is 0. The van der Waals surface area contributed by atoms with Crippen LogP contribution in [0.2, 0.25) is 0 Å². The lowest BCUT2D eigenvalue weighted by atomic mass is 10.1. The Kier molecular flexibility index (Phi) is 3.17. The molecule has 0 fully saturated rings. The Morgan fingerprint density at radius 2 is 1.65 bits per heavy atom. The molecule has 0 aliphatic carbocycles. The molecule has 2 N–H and O–H groups in total. The van der Waals surface area contributed by atoms with Crippen LogP contribution in [0, 0.1) is 0 Å². The van der Waals surface area contributed by atoms with E-state index in [4.69, 9.17) is 4.74 Å². The molecule has 0 unspecified atom stereocenters. The van der Waals surface area contributed by atoms with Crippen molar-refractivity contribution in [1.82, 2.24) is 0 Å². The van der Waals surface area contributed by atoms with Gasteiger partial charge >= 0.3 is 0 Å². The molecule has 0 amide bonds. The summed E-state index contributed by atoms with van der Waals surface area (Å²) in [4.78, 5) is 0. The summed E-state index contributed by atoms with van der Waals surface area (Å²) in [6, 6.07) is 12.1. The van der Waals surface area contributed by atoms with E-state index in [1.54, 1.807) is 30.3 Å². The summed E-state index contributed by atoms with van der Waals surface area (Å²) >= 11 is 0. The van der Waals surface area contributed by atoms with Gasteiger partial charge in [-0.3, -0.25) is 0 Å². The van der Waals surface area contributed by atoms with Crippen LogP contribution in [-0.4, -0.2) is 10.2 Å². The standard InChI is InChI=1S/C17H14O3/c18-14-5-1-12(2-6-14)3-8-16-9-4-13-11-15(19)7-10-17(13)20-16/h1-3,5-11,18-19H,4H2. The first-order valence-electron chi connectivity index (χ1n) is 6.38. The summed E-state index contributed by atoms with van der Waals surface area (Å²) in [5, 5.41) is 18.6. The van der Waals surface area contributed by atoms with E-state index < -0.39 is 0 Å². The largest absolute Gasteiger partial charge is 0.508 e. The molecule has 100 valence electrons. The van der Waals surface area contributed by atoms with Gasteiger partial charge in [-0.2, -0.15) is 0 Å². The van der Waals surface area contributed by atoms with Crippen LogP contribution in [0.4, 0.5) is 0 Å². The number of phenols is 2. The van der Waals surface area contributed by atoms with Gasteiger partial charge in [-0.25, -0.2) is 0 Å². The summed E-state index contributed by atoms with van der Waals surface area (Å²) < 4.78 is 5.75. The zero-order valence-corrected chi connectivity index (χ0v) is 10.8. The summed E-state index contributed by atoms with van der Waals surface area (Å²) in [5.74, 6) is 2.06. The summed E-state index contributed by atoms with van der Waals surface area (Å²) in [6.07, 6.45) is 6.52. The van der Waals surface area contributed by atoms with E-state index >= 15 is 0 Å². The topological polar surface area (TPSA) is 49.7 Å². The van der Waals surface area contributed by atoms with Gasteiger partial charge in [-0.15, -0.1) is 0 Å². The molecule has 0 radical (unpaired) electrons. The first-order valence-corrected chi connectivity index (χ1v) is 6.38. The number of phenolic OH excluding ortho intramolecular Hbond substituents is 2. The van der Waals surface area contributed by atoms with Crippen LogP contribution in [0.3, 0.4) is 0 Å². The van der Waals surface area contributed by atoms with Crippen LogP contribution in [0.25, 0.3) is 6.08 Å². The Labute approximate surface area is 117 Å². The molecule has 0 aromatic heterocycles. The summed E-state index contributed by atoms with van der Waals surface area (Å²) in [6.45, 7) is 0. The molecule has 1 heterocycles. The second kappa shape index (κ2) is 5.13. The third-order valence-electron chi connectivity index (χ3n) is 3.13. The molecule has 3 nitrogen and oxygen atoms in total. The lowest BCUT2D eigenvalue weighted by molar-refractivity contribution is 0.424. The maximum absolute atomic E-state index is 9.42. The highest BCUT2D eigenvalue weighted by Crippen LogP contribution is 2.29. The lowest BCUT2D eigenvalue weighted by Crippen LogP contribution is -2.02. The van der Waals surface area contributed by atoms with Crippen molar-refractivity contribution in [3.05, 3.63) is 71.5 Å². The molecule has 1 aliphatic heterocycles. The average Bonchev–Trinajstić information content (AvgIpc) is 2.46. The highest BCUT2D eigenvalue weighted by molar-refractivity contribution is 5.54. The van der Waals surface area contributed by atoms with Crippen molar-refractivity contribution in [3.63, 3.8) is 0 Å². The molecular weight excluding hydrogens is 252 g/mol. The van der Waals surface area contributed by atoms with Crippen molar-refractivity contribution in [2.24, 2.45) is 0 Å². The Balaban J connectivity index is 1.75. The Morgan fingerprint density at radius 3 is 2.45 bits per heavy atom. The number of hydrogen-bond acceptors (Lipinski definition) is 3. The van der Waals surface area contributed by atoms with Gasteiger partial charge in [0.25, 0.3) is 0 Å². The number of hydrogen-bond donors (Lipinski definition) is 2. The molecular formula is C17H14O3. The van der Waals surface area contributed by atoms with E-state index in [0.717, 1.165) is 29.1 Å². The number of benzene rings is 2. The summed E-state index contributed by atoms with van der Waals surface area (Å²) in [5.41, 5.74) is 1.97. The fraction of sp³-hybridized carbons (Fsp3) is 0.0588. The van der Waals surface area contributed by atoms with Crippen molar-refractivity contribution in [2.45, 2.75) is 6.42 Å². The van der Waals surface area contributed by atoms with Crippen molar-refractivity contribution in [2.75, 3.05) is 0 Å². The third-order valence-corrected chi connectivity index (χ3v) is 3.13. The molecule has 20 heavy (non-hydrogen) atoms. The fourth-order valence-corrected chi connectivity index (χ4v) is 2.07. The minimum absolute atomic E-state index is 0.254. The predicted octanol–water partition coefficient (Wildman–Crippen LogP) is 3.63. The fourth-order valence-electron chi connectivity index (χ4n) is 2.07. The van der Waals surface area contributed by atoms with Crippen LogP contribution in [0.15, 0.2) is 60.4 Å². The Morgan fingerprint density at radius 1 is 0.900 bits per heavy atom. The van der Waals surface area contributed by atoms with Gasteiger partial charge in [0.2, 0.25) is 0 Å². The van der Waals surface area contributed by atoms with Crippen molar-refractivity contribution in [1.29, 1.82) is 0 Å². The molecule has 3 rings (SSSR count). The van der Waals surface area contributed by atoms with E-state index in [2.05, 4.69) is 0 Å². The van der Waals surface area contributed by atoms with E-state index in [-0.39, 0.29) is 11.5 Å². The number of rotatable bonds is 2. The monoisotopic (exact) mass is 266 g/mol. The number of ether oxygens (including phenoxy) is 1. The predicted molar refractivity (Wildman–Crippen MR) is 77.7 cm³/mol. The van der Waals surface area contributed by atoms with Gasteiger partial charge in [-0.05, 0) is 54.5 Å². The first-order chi connectivity index (χ1) is 9.70. The molecule has 2 aromatic rings. The zero-order chi connectivity index (χ0) is 13.9. The molecule has 0 atom stereocenters. The maximum atomic E-state index is 9.42. The van der Waals surface area contributed by atoms with Crippen LogP contribution in [0.5, 0.6) is 17.2 Å². The molecule has 3 heteroatoms. The molecule has 2 aromatic carbocycles. The minimum Gasteiger partial charge on any atom is -0.508 e. The molecule has 0 saturated carbocycles. The van der Waals surface area contributed by atoms with E-state index in [9.17, 15) is 10.2 Å². The van der Waals surface area contributed by atoms with E-state index in [0.29, 0.717) is 0 Å². The molecule has 0 spiro atoms. The van der Waals surface area contributed by atoms with Crippen molar-refractivity contribution in [3.8, 4) is 17.2 Å². The Bertz CT molecular complexity index is 682. The van der Waals surface area contributed by atoms with Crippen molar-refractivity contribution < 1.29 is 14.9 Å². The van der Waals surface area contributed by atoms with Crippen LogP contribution >= 0.6 is 0 Å². The Hall–Kier alpha value is -2.68. The first kappa shape index (κ1) is 12.4. The smallest absolute Gasteiger partial charge is 0.131 e. The van der Waals surface area contributed by atoms with E-state index in [1.807, 2.05) is 30.4 Å². The zero-order valence-electron chi connectivity index (χ0n) is 10.8. The second-order valence-electron chi connectivity index (χ2n) is 4.63. The minimum atomic E-state index is 0.254. The number of fused-ring (bicyclic) bond motifs is 1. The van der Waals surface area contributed by atoms with Gasteiger partial charge in [0, 0.05) is 5.56 Å². The van der Waals surface area contributed by atoms with Crippen molar-refractivity contribution >= 4 is 6.08 Å². The van der Waals surface area contributed by atoms with E-state index in [1.165, 1.54) is 0 Å². The lowest BCUT2D eigenvalue weighted by Gasteiger charge is -2.16. The van der Waals surface area contributed by atoms with Gasteiger partial charge in [-0.1, -0.05) is 18.2 Å². The van der Waals surface area contributed by atoms with Gasteiger partial charge in [0.15, 0.2) is 0 Å². The van der Waals surface area contributed by atoms with Gasteiger partial charge < -0.3 is 14.9 Å². The SMILES string of the molecule is Oc1ccc(C=CC2=CCc3cc(O)ccc3O2)cc1. The maximum Gasteiger partial charge on any atom is 0.131 e. The molecule has 0 saturated heterocycles. The van der Waals surface area contributed by atoms with Crippen LogP contribution in [0.1, 0.15) is 11.1 Å². The highest BCUT2D eigenvalue weighted by Gasteiger charge is 2.11. The average molecular weight is 266 g/mol. The van der Waals surface area contributed by atoms with Gasteiger partial charge in [0.05, 0.1) is 0 Å². The molecule has 0 bridgehead atoms. The van der Waals surface area contributed by atoms with Gasteiger partial charge in [0.1, 0.15) is 23.0 Å². The normalized spacial score (nSPS) is 13.7. The number of allylic oxidation sites excluding steroid dienone is 2. The molecule has 1 aliphatic rings. The number of aromatic hydroxyl groups is 2. The third kappa shape index (κ3) is 2.67. The highest BCUT2D eigenvalue weighted by atomic mass is 16.5.